The Kier molecular flexibility index (Phi) is 8.26. The fourth-order valence-electron chi connectivity index (χ4n) is 5.25. The number of nitrogens with two attached hydrogens (primary N) is 1. The highest BCUT2D eigenvalue weighted by Gasteiger charge is 2.33. The van der Waals surface area contributed by atoms with Crippen LogP contribution in [0.4, 0.5) is 10.1 Å². The molecule has 202 valence electrons. The van der Waals surface area contributed by atoms with E-state index in [4.69, 9.17) is 22.1 Å². The van der Waals surface area contributed by atoms with Crippen LogP contribution in [0.25, 0.3) is 11.1 Å². The van der Waals surface area contributed by atoms with Crippen LogP contribution in [0.2, 0.25) is 5.02 Å². The standard InChI is InChI=1S/C30H30ClFN4O3/c31-25-9-4-10-27(29(25)32)34-17-26(33)30(38)36-12-11-23-22(7-3-8-24(23)28(36)19-37)21-6-2-1-5-20(21)18-35-13-15-39-16-14-35/h1-10,17,19,28,34H,11-16,18,33H2/b26-17-. The van der Waals surface area contributed by atoms with Crippen molar-refractivity contribution in [3.63, 3.8) is 0 Å². The number of carbonyl (C=O) groups is 2. The lowest BCUT2D eigenvalue weighted by atomic mass is 9.85. The van der Waals surface area contributed by atoms with Gasteiger partial charge in [0.25, 0.3) is 5.91 Å². The third-order valence-electron chi connectivity index (χ3n) is 7.25. The summed E-state index contributed by atoms with van der Waals surface area (Å²) in [6.45, 7) is 4.37. The maximum absolute atomic E-state index is 14.2. The molecule has 3 N–H and O–H groups in total. The number of rotatable bonds is 7. The number of benzene rings is 3. The van der Waals surface area contributed by atoms with Gasteiger partial charge in [-0.15, -0.1) is 0 Å². The summed E-state index contributed by atoms with van der Waals surface area (Å²) in [6, 6.07) is 17.9. The molecule has 0 radical (unpaired) electrons. The summed E-state index contributed by atoms with van der Waals surface area (Å²) in [7, 11) is 0. The zero-order valence-electron chi connectivity index (χ0n) is 21.4. The van der Waals surface area contributed by atoms with Crippen molar-refractivity contribution < 1.29 is 18.7 Å². The number of nitrogens with zero attached hydrogens (tertiary/aromatic N) is 2. The Balaban J connectivity index is 1.40. The van der Waals surface area contributed by atoms with Crippen LogP contribution in [0.5, 0.6) is 0 Å². The lowest BCUT2D eigenvalue weighted by Crippen LogP contribution is -2.43. The Hall–Kier alpha value is -3.72. The summed E-state index contributed by atoms with van der Waals surface area (Å²) < 4.78 is 19.7. The molecule has 1 saturated heterocycles. The molecule has 1 amide bonds. The first-order valence-corrected chi connectivity index (χ1v) is 13.3. The molecule has 3 aromatic carbocycles. The maximum Gasteiger partial charge on any atom is 0.272 e. The number of amides is 1. The topological polar surface area (TPSA) is 87.9 Å². The number of aldehydes is 1. The van der Waals surface area contributed by atoms with Crippen LogP contribution < -0.4 is 11.1 Å². The van der Waals surface area contributed by atoms with E-state index in [1.807, 2.05) is 24.3 Å². The molecule has 0 spiro atoms. The van der Waals surface area contributed by atoms with Gasteiger partial charge in [-0.1, -0.05) is 60.1 Å². The maximum atomic E-state index is 14.2. The Bertz CT molecular complexity index is 1410. The molecule has 2 aliphatic rings. The van der Waals surface area contributed by atoms with Crippen molar-refractivity contribution in [1.82, 2.24) is 9.80 Å². The normalized spacial score (nSPS) is 17.9. The van der Waals surface area contributed by atoms with E-state index in [0.717, 1.165) is 61.4 Å². The van der Waals surface area contributed by atoms with Crippen LogP contribution in [-0.2, 0) is 27.3 Å². The van der Waals surface area contributed by atoms with Gasteiger partial charge in [0.15, 0.2) is 5.82 Å². The van der Waals surface area contributed by atoms with Gasteiger partial charge in [0.1, 0.15) is 18.0 Å². The van der Waals surface area contributed by atoms with Crippen molar-refractivity contribution in [3.05, 3.63) is 100 Å². The van der Waals surface area contributed by atoms with Gasteiger partial charge >= 0.3 is 0 Å². The molecule has 7 nitrogen and oxygen atoms in total. The van der Waals surface area contributed by atoms with Crippen molar-refractivity contribution in [2.24, 2.45) is 5.73 Å². The predicted molar refractivity (Wildman–Crippen MR) is 149 cm³/mol. The number of anilines is 1. The second-order valence-corrected chi connectivity index (χ2v) is 10.0. The van der Waals surface area contributed by atoms with Gasteiger partial charge in [-0.3, -0.25) is 9.69 Å². The summed E-state index contributed by atoms with van der Waals surface area (Å²) in [4.78, 5) is 29.5. The zero-order chi connectivity index (χ0) is 27.4. The summed E-state index contributed by atoms with van der Waals surface area (Å²) in [5, 5.41) is 2.65. The predicted octanol–water partition coefficient (Wildman–Crippen LogP) is 4.52. The van der Waals surface area contributed by atoms with E-state index in [1.54, 1.807) is 6.07 Å². The van der Waals surface area contributed by atoms with Crippen molar-refractivity contribution in [1.29, 1.82) is 0 Å². The Morgan fingerprint density at radius 3 is 2.59 bits per heavy atom. The molecule has 2 heterocycles. The first-order chi connectivity index (χ1) is 19.0. The fraction of sp³-hybridized carbons (Fsp3) is 0.267. The van der Waals surface area contributed by atoms with E-state index in [2.05, 4.69) is 28.4 Å². The van der Waals surface area contributed by atoms with Crippen LogP contribution in [-0.4, -0.2) is 54.8 Å². The van der Waals surface area contributed by atoms with Gasteiger partial charge in [0.05, 0.1) is 23.9 Å². The third-order valence-corrected chi connectivity index (χ3v) is 7.54. The van der Waals surface area contributed by atoms with Crippen molar-refractivity contribution in [2.45, 2.75) is 19.0 Å². The smallest absolute Gasteiger partial charge is 0.272 e. The SMILES string of the molecule is N/C(=C\Nc1cccc(Cl)c1F)C(=O)N1CCc2c(-c3ccccc3CN3CCOCC3)cccc2C1C=O. The van der Waals surface area contributed by atoms with Crippen LogP contribution >= 0.6 is 11.6 Å². The van der Waals surface area contributed by atoms with Gasteiger partial charge < -0.3 is 25.5 Å². The highest BCUT2D eigenvalue weighted by atomic mass is 35.5. The Morgan fingerprint density at radius 1 is 1.05 bits per heavy atom. The summed E-state index contributed by atoms with van der Waals surface area (Å²) in [5.74, 6) is -1.15. The molecular weight excluding hydrogens is 519 g/mol. The number of fused-ring (bicyclic) bond motifs is 1. The Morgan fingerprint density at radius 2 is 1.79 bits per heavy atom. The van der Waals surface area contributed by atoms with Crippen LogP contribution in [0.3, 0.4) is 0 Å². The van der Waals surface area contributed by atoms with E-state index in [9.17, 15) is 14.0 Å². The number of hydrogen-bond acceptors (Lipinski definition) is 6. The van der Waals surface area contributed by atoms with Crippen LogP contribution in [0.15, 0.2) is 72.6 Å². The summed E-state index contributed by atoms with van der Waals surface area (Å²) in [6.07, 6.45) is 2.57. The molecule has 1 atom stereocenters. The first kappa shape index (κ1) is 26.9. The minimum atomic E-state index is -0.789. The fourth-order valence-corrected chi connectivity index (χ4v) is 5.42. The van der Waals surface area contributed by atoms with Crippen molar-refractivity contribution in [2.75, 3.05) is 38.2 Å². The number of ether oxygens (including phenoxy) is 1. The van der Waals surface area contributed by atoms with E-state index in [0.29, 0.717) is 13.0 Å². The van der Waals surface area contributed by atoms with Crippen LogP contribution in [0, 0.1) is 5.82 Å². The number of carbonyl (C=O) groups excluding carboxylic acids is 2. The minimum Gasteiger partial charge on any atom is -0.393 e. The molecule has 0 saturated carbocycles. The number of morpholine rings is 1. The summed E-state index contributed by atoms with van der Waals surface area (Å²) >= 11 is 5.83. The van der Waals surface area contributed by atoms with Gasteiger partial charge in [-0.05, 0) is 46.4 Å². The minimum absolute atomic E-state index is 0.0470. The average molecular weight is 549 g/mol. The lowest BCUT2D eigenvalue weighted by molar-refractivity contribution is -0.133. The Labute approximate surface area is 232 Å². The molecule has 39 heavy (non-hydrogen) atoms. The zero-order valence-corrected chi connectivity index (χ0v) is 22.2. The van der Waals surface area contributed by atoms with E-state index >= 15 is 0 Å². The first-order valence-electron chi connectivity index (χ1n) is 12.9. The molecule has 3 aromatic rings. The van der Waals surface area contributed by atoms with E-state index in [-0.39, 0.29) is 16.4 Å². The molecule has 0 aliphatic carbocycles. The quantitative estimate of drug-likeness (QED) is 0.333. The second-order valence-electron chi connectivity index (χ2n) is 9.59. The van der Waals surface area contributed by atoms with E-state index < -0.39 is 17.8 Å². The van der Waals surface area contributed by atoms with Gasteiger partial charge in [-0.25, -0.2) is 4.39 Å². The van der Waals surface area contributed by atoms with Gasteiger partial charge in [-0.2, -0.15) is 0 Å². The molecule has 0 bridgehead atoms. The monoisotopic (exact) mass is 548 g/mol. The third kappa shape index (κ3) is 5.68. The largest absolute Gasteiger partial charge is 0.393 e. The molecule has 0 aromatic heterocycles. The van der Waals surface area contributed by atoms with Crippen molar-refractivity contribution >= 4 is 29.5 Å². The summed E-state index contributed by atoms with van der Waals surface area (Å²) in [5.41, 5.74) is 11.3. The molecule has 9 heteroatoms. The number of halogens is 2. The highest BCUT2D eigenvalue weighted by Crippen LogP contribution is 2.37. The molecule has 1 unspecified atom stereocenters. The van der Waals surface area contributed by atoms with Crippen LogP contribution in [0.1, 0.15) is 22.7 Å². The number of nitrogens with one attached hydrogen (secondary N) is 1. The molecule has 5 rings (SSSR count). The van der Waals surface area contributed by atoms with Gasteiger partial charge in [0, 0.05) is 32.4 Å². The molecular formula is C30H30ClFN4O3. The van der Waals surface area contributed by atoms with E-state index in [1.165, 1.54) is 28.8 Å². The van der Waals surface area contributed by atoms with Crippen molar-refractivity contribution in [3.8, 4) is 11.1 Å². The molecule has 2 aliphatic heterocycles. The second kappa shape index (κ2) is 12.0. The lowest BCUT2D eigenvalue weighted by Gasteiger charge is -2.35. The van der Waals surface area contributed by atoms with Gasteiger partial charge in [0.2, 0.25) is 0 Å². The highest BCUT2D eigenvalue weighted by molar-refractivity contribution is 6.31. The number of hydrogen-bond donors (Lipinski definition) is 2. The molecule has 1 fully saturated rings. The average Bonchev–Trinajstić information content (AvgIpc) is 2.97.